The van der Waals surface area contributed by atoms with Crippen molar-refractivity contribution in [2.24, 2.45) is 0 Å². The first kappa shape index (κ1) is 19.6. The Morgan fingerprint density at radius 1 is 1.04 bits per heavy atom. The van der Waals surface area contributed by atoms with Gasteiger partial charge in [-0.3, -0.25) is 4.98 Å². The van der Waals surface area contributed by atoms with Crippen LogP contribution < -0.4 is 10.6 Å². The molecule has 0 fully saturated rings. The van der Waals surface area contributed by atoms with Crippen LogP contribution in [0.3, 0.4) is 0 Å². The lowest BCUT2D eigenvalue weighted by atomic mass is 10.2. The Labute approximate surface area is 160 Å². The van der Waals surface area contributed by atoms with Crippen LogP contribution in [0.5, 0.6) is 0 Å². The van der Waals surface area contributed by atoms with Crippen molar-refractivity contribution in [2.75, 3.05) is 37.8 Å². The highest BCUT2D eigenvalue weighted by Gasteiger charge is 2.14. The van der Waals surface area contributed by atoms with Gasteiger partial charge in [0.2, 0.25) is 5.95 Å². The maximum atomic E-state index is 14.0. The highest BCUT2D eigenvalue weighted by atomic mass is 19.1. The molecule has 28 heavy (non-hydrogen) atoms. The molecule has 2 N–H and O–H groups in total. The molecule has 0 saturated carbocycles. The van der Waals surface area contributed by atoms with Gasteiger partial charge in [0.25, 0.3) is 0 Å². The first-order chi connectivity index (χ1) is 13.4. The highest BCUT2D eigenvalue weighted by molar-refractivity contribution is 5.67. The number of nitrogens with zero attached hydrogens (tertiary/aromatic N) is 4. The van der Waals surface area contributed by atoms with Gasteiger partial charge in [-0.1, -0.05) is 0 Å². The second kappa shape index (κ2) is 8.66. The van der Waals surface area contributed by atoms with Gasteiger partial charge in [0, 0.05) is 49.2 Å². The van der Waals surface area contributed by atoms with Gasteiger partial charge >= 0.3 is 0 Å². The molecule has 6 nitrogen and oxygen atoms in total. The summed E-state index contributed by atoms with van der Waals surface area (Å²) >= 11 is 0. The predicted octanol–water partition coefficient (Wildman–Crippen LogP) is 3.67. The maximum absolute atomic E-state index is 14.0. The Kier molecular flexibility index (Phi) is 6.05. The molecule has 0 aliphatic carbocycles. The number of hydrogen-bond acceptors (Lipinski definition) is 6. The average Bonchev–Trinajstić information content (AvgIpc) is 2.65. The molecule has 0 saturated heterocycles. The van der Waals surface area contributed by atoms with Crippen LogP contribution in [-0.2, 0) is 0 Å². The molecule has 3 rings (SSSR count). The Balaban J connectivity index is 1.95. The fraction of sp³-hybridized carbons (Fsp3) is 0.211. The van der Waals surface area contributed by atoms with Crippen LogP contribution in [0.25, 0.3) is 11.3 Å². The molecule has 0 unspecified atom stereocenters. The van der Waals surface area contributed by atoms with E-state index in [2.05, 4.69) is 25.6 Å². The predicted molar refractivity (Wildman–Crippen MR) is 102 cm³/mol. The van der Waals surface area contributed by atoms with Crippen LogP contribution in [0, 0.1) is 17.5 Å². The van der Waals surface area contributed by atoms with Gasteiger partial charge in [-0.25, -0.2) is 18.2 Å². The Hall–Kier alpha value is -3.20. The summed E-state index contributed by atoms with van der Waals surface area (Å²) in [6.07, 6.45) is 3.25. The monoisotopic (exact) mass is 388 g/mol. The molecule has 3 aromatic rings. The summed E-state index contributed by atoms with van der Waals surface area (Å²) in [5.41, 5.74) is 0.737. The average molecular weight is 388 g/mol. The van der Waals surface area contributed by atoms with Crippen molar-refractivity contribution in [3.8, 4) is 11.3 Å². The molecular formula is C19H19F3N6. The summed E-state index contributed by atoms with van der Waals surface area (Å²) in [5.74, 6) is -2.66. The molecule has 2 heterocycles. The molecule has 0 aliphatic rings. The zero-order valence-corrected chi connectivity index (χ0v) is 15.4. The number of anilines is 3. The summed E-state index contributed by atoms with van der Waals surface area (Å²) in [5, 5.41) is 5.66. The van der Waals surface area contributed by atoms with Crippen molar-refractivity contribution in [3.05, 3.63) is 60.2 Å². The number of pyridine rings is 1. The van der Waals surface area contributed by atoms with E-state index in [0.717, 1.165) is 6.54 Å². The zero-order chi connectivity index (χ0) is 20.1. The van der Waals surface area contributed by atoms with E-state index in [9.17, 15) is 13.2 Å². The molecule has 0 aliphatic heterocycles. The minimum Gasteiger partial charge on any atom is -0.353 e. The molecule has 0 amide bonds. The number of aromatic nitrogens is 3. The zero-order valence-electron chi connectivity index (χ0n) is 15.4. The van der Waals surface area contributed by atoms with Gasteiger partial charge < -0.3 is 15.5 Å². The fourth-order valence-corrected chi connectivity index (χ4v) is 2.43. The molecule has 0 atom stereocenters. The number of rotatable bonds is 7. The van der Waals surface area contributed by atoms with Gasteiger partial charge in [-0.05, 0) is 26.2 Å². The molecular weight excluding hydrogens is 369 g/mol. The molecule has 146 valence electrons. The normalized spacial score (nSPS) is 10.9. The standard InChI is InChI=1S/C19H19F3N6/c1-28(2)7-6-24-19-25-16(12-4-3-5-23-11-12)10-17(27-19)26-18-14(21)8-13(20)9-15(18)22/h3-5,8-11H,6-7H2,1-2H3,(H2,24,25,26,27). The third-order valence-corrected chi connectivity index (χ3v) is 3.79. The molecule has 0 bridgehead atoms. The number of likely N-dealkylation sites (N-methyl/N-ethyl adjacent to an activating group) is 1. The smallest absolute Gasteiger partial charge is 0.225 e. The van der Waals surface area contributed by atoms with Gasteiger partial charge in [0.1, 0.15) is 17.3 Å². The van der Waals surface area contributed by atoms with Crippen molar-refractivity contribution >= 4 is 17.5 Å². The summed E-state index contributed by atoms with van der Waals surface area (Å²) in [7, 11) is 3.86. The topological polar surface area (TPSA) is 66.0 Å². The van der Waals surface area contributed by atoms with Crippen LogP contribution in [0.4, 0.5) is 30.6 Å². The van der Waals surface area contributed by atoms with E-state index in [1.807, 2.05) is 25.1 Å². The summed E-state index contributed by atoms with van der Waals surface area (Å²) < 4.78 is 41.1. The second-order valence-corrected chi connectivity index (χ2v) is 6.30. The number of nitrogens with one attached hydrogen (secondary N) is 2. The van der Waals surface area contributed by atoms with Crippen molar-refractivity contribution in [1.82, 2.24) is 19.9 Å². The van der Waals surface area contributed by atoms with E-state index in [1.165, 1.54) is 6.07 Å². The van der Waals surface area contributed by atoms with Crippen LogP contribution in [-0.4, -0.2) is 47.0 Å². The number of halogens is 3. The number of hydrogen-bond donors (Lipinski definition) is 2. The van der Waals surface area contributed by atoms with E-state index in [1.54, 1.807) is 18.5 Å². The van der Waals surface area contributed by atoms with E-state index in [4.69, 9.17) is 0 Å². The van der Waals surface area contributed by atoms with Crippen LogP contribution in [0.15, 0.2) is 42.7 Å². The van der Waals surface area contributed by atoms with Crippen molar-refractivity contribution < 1.29 is 13.2 Å². The van der Waals surface area contributed by atoms with Crippen molar-refractivity contribution in [1.29, 1.82) is 0 Å². The lowest BCUT2D eigenvalue weighted by Crippen LogP contribution is -2.21. The Morgan fingerprint density at radius 3 is 2.43 bits per heavy atom. The van der Waals surface area contributed by atoms with E-state index >= 15 is 0 Å². The second-order valence-electron chi connectivity index (χ2n) is 6.30. The van der Waals surface area contributed by atoms with E-state index < -0.39 is 23.1 Å². The van der Waals surface area contributed by atoms with Gasteiger partial charge in [-0.2, -0.15) is 4.98 Å². The van der Waals surface area contributed by atoms with Crippen LogP contribution in [0.2, 0.25) is 0 Å². The molecule has 1 aromatic carbocycles. The Morgan fingerprint density at radius 2 is 1.79 bits per heavy atom. The van der Waals surface area contributed by atoms with Crippen LogP contribution >= 0.6 is 0 Å². The van der Waals surface area contributed by atoms with E-state index in [-0.39, 0.29) is 11.8 Å². The lowest BCUT2D eigenvalue weighted by Gasteiger charge is -2.14. The third kappa shape index (κ3) is 4.95. The largest absolute Gasteiger partial charge is 0.353 e. The van der Waals surface area contributed by atoms with Gasteiger partial charge in [0.05, 0.1) is 5.69 Å². The SMILES string of the molecule is CN(C)CCNc1nc(Nc2c(F)cc(F)cc2F)cc(-c2cccnc2)n1. The molecule has 0 radical (unpaired) electrons. The first-order valence-electron chi connectivity index (χ1n) is 8.52. The molecule has 2 aromatic heterocycles. The number of benzene rings is 1. The van der Waals surface area contributed by atoms with Gasteiger partial charge in [-0.15, -0.1) is 0 Å². The quantitative estimate of drug-likeness (QED) is 0.644. The van der Waals surface area contributed by atoms with Crippen LogP contribution in [0.1, 0.15) is 0 Å². The molecule has 9 heteroatoms. The summed E-state index contributed by atoms with van der Waals surface area (Å²) in [6, 6.07) is 6.30. The third-order valence-electron chi connectivity index (χ3n) is 3.79. The van der Waals surface area contributed by atoms with Crippen molar-refractivity contribution in [3.63, 3.8) is 0 Å². The summed E-state index contributed by atoms with van der Waals surface area (Å²) in [4.78, 5) is 14.7. The minimum atomic E-state index is -1.05. The van der Waals surface area contributed by atoms with Gasteiger partial charge in [0.15, 0.2) is 11.6 Å². The maximum Gasteiger partial charge on any atom is 0.225 e. The minimum absolute atomic E-state index is 0.158. The van der Waals surface area contributed by atoms with Crippen molar-refractivity contribution in [2.45, 2.75) is 0 Å². The Bertz CT molecular complexity index is 927. The summed E-state index contributed by atoms with van der Waals surface area (Å²) in [6.45, 7) is 1.31. The lowest BCUT2D eigenvalue weighted by molar-refractivity contribution is 0.425. The molecule has 0 spiro atoms. The highest BCUT2D eigenvalue weighted by Crippen LogP contribution is 2.26. The fourth-order valence-electron chi connectivity index (χ4n) is 2.43. The first-order valence-corrected chi connectivity index (χ1v) is 8.52. The van der Waals surface area contributed by atoms with E-state index in [0.29, 0.717) is 29.9 Å².